The first kappa shape index (κ1) is 17.5. The number of aliphatic carboxylic acids is 1. The highest BCUT2D eigenvalue weighted by Crippen LogP contribution is 2.33. The molecule has 7 heteroatoms. The number of carboxylic acids is 1. The van der Waals surface area contributed by atoms with Crippen molar-refractivity contribution in [2.24, 2.45) is 11.8 Å². The van der Waals surface area contributed by atoms with E-state index in [2.05, 4.69) is 24.0 Å². The highest BCUT2D eigenvalue weighted by molar-refractivity contribution is 5.72. The third kappa shape index (κ3) is 4.22. The molecular weight excluding hydrogens is 325 g/mol. The molecule has 0 aliphatic carbocycles. The zero-order chi connectivity index (χ0) is 18.0. The summed E-state index contributed by atoms with van der Waals surface area (Å²) in [5, 5.41) is 13.5. The predicted molar refractivity (Wildman–Crippen MR) is 88.4 cm³/mol. The van der Waals surface area contributed by atoms with E-state index >= 15 is 0 Å². The van der Waals surface area contributed by atoms with Crippen molar-refractivity contribution in [3.05, 3.63) is 47.4 Å². The smallest absolute Gasteiger partial charge is 0.308 e. The lowest BCUT2D eigenvalue weighted by molar-refractivity contribution is -0.141. The summed E-state index contributed by atoms with van der Waals surface area (Å²) in [6.45, 7) is 5.58. The standard InChI is InChI=1S/C18H22FN3O3/c1-11(2)7-17-20-16(21-25-17)10-22-8-14(15(9-22)18(23)24)12-3-5-13(19)6-4-12/h3-6,11,14-15H,7-10H2,1-2H3,(H,23,24)/t14-,15+/m0/s1. The van der Waals surface area contributed by atoms with Gasteiger partial charge in [-0.15, -0.1) is 0 Å². The fourth-order valence-corrected chi connectivity index (χ4v) is 3.30. The number of carboxylic acid groups (broad SMARTS) is 1. The zero-order valence-corrected chi connectivity index (χ0v) is 14.4. The summed E-state index contributed by atoms with van der Waals surface area (Å²) in [5.74, 6) is -0.277. The molecule has 0 amide bonds. The fraction of sp³-hybridized carbons (Fsp3) is 0.500. The minimum atomic E-state index is -0.842. The minimum Gasteiger partial charge on any atom is -0.481 e. The maximum atomic E-state index is 13.1. The van der Waals surface area contributed by atoms with Crippen molar-refractivity contribution in [3.63, 3.8) is 0 Å². The quantitative estimate of drug-likeness (QED) is 0.865. The molecular formula is C18H22FN3O3. The summed E-state index contributed by atoms with van der Waals surface area (Å²) in [6, 6.07) is 6.06. The van der Waals surface area contributed by atoms with Gasteiger partial charge in [-0.25, -0.2) is 4.39 Å². The molecule has 0 bridgehead atoms. The maximum Gasteiger partial charge on any atom is 0.308 e. The van der Waals surface area contributed by atoms with Crippen molar-refractivity contribution in [3.8, 4) is 0 Å². The van der Waals surface area contributed by atoms with E-state index in [1.54, 1.807) is 12.1 Å². The monoisotopic (exact) mass is 347 g/mol. The van der Waals surface area contributed by atoms with Crippen molar-refractivity contribution in [1.29, 1.82) is 0 Å². The van der Waals surface area contributed by atoms with Crippen LogP contribution in [0.4, 0.5) is 4.39 Å². The number of carbonyl (C=O) groups is 1. The topological polar surface area (TPSA) is 79.5 Å². The Kier molecular flexibility index (Phi) is 5.13. The van der Waals surface area contributed by atoms with E-state index < -0.39 is 11.9 Å². The number of hydrogen-bond donors (Lipinski definition) is 1. The van der Waals surface area contributed by atoms with Gasteiger partial charge < -0.3 is 9.63 Å². The second-order valence-electron chi connectivity index (χ2n) is 7.00. The molecule has 1 aliphatic rings. The molecule has 1 saturated heterocycles. The molecule has 1 N–H and O–H groups in total. The van der Waals surface area contributed by atoms with Gasteiger partial charge in [-0.1, -0.05) is 31.1 Å². The van der Waals surface area contributed by atoms with E-state index in [0.717, 1.165) is 12.0 Å². The number of benzene rings is 1. The van der Waals surface area contributed by atoms with E-state index in [4.69, 9.17) is 4.52 Å². The molecule has 2 aromatic rings. The number of aromatic nitrogens is 2. The Labute approximate surface area is 145 Å². The molecule has 1 aromatic carbocycles. The van der Waals surface area contributed by atoms with Crippen LogP contribution in [0.15, 0.2) is 28.8 Å². The van der Waals surface area contributed by atoms with Crippen molar-refractivity contribution in [1.82, 2.24) is 15.0 Å². The van der Waals surface area contributed by atoms with E-state index in [1.165, 1.54) is 12.1 Å². The van der Waals surface area contributed by atoms with Gasteiger partial charge in [0.2, 0.25) is 5.89 Å². The molecule has 6 nitrogen and oxygen atoms in total. The van der Waals surface area contributed by atoms with Gasteiger partial charge in [0.1, 0.15) is 5.82 Å². The Hall–Kier alpha value is -2.28. The van der Waals surface area contributed by atoms with Gasteiger partial charge in [0.05, 0.1) is 12.5 Å². The molecule has 0 saturated carbocycles. The number of nitrogens with zero attached hydrogens (tertiary/aromatic N) is 3. The average Bonchev–Trinajstić information content (AvgIpc) is 3.15. The van der Waals surface area contributed by atoms with Crippen LogP contribution >= 0.6 is 0 Å². The molecule has 2 atom stereocenters. The van der Waals surface area contributed by atoms with Gasteiger partial charge in [-0.3, -0.25) is 9.69 Å². The van der Waals surface area contributed by atoms with Crippen LogP contribution < -0.4 is 0 Å². The molecule has 25 heavy (non-hydrogen) atoms. The molecule has 1 aromatic heterocycles. The number of hydrogen-bond acceptors (Lipinski definition) is 5. The largest absolute Gasteiger partial charge is 0.481 e. The van der Waals surface area contributed by atoms with Crippen LogP contribution in [-0.4, -0.2) is 39.2 Å². The van der Waals surface area contributed by atoms with Crippen LogP contribution in [0, 0.1) is 17.7 Å². The van der Waals surface area contributed by atoms with Gasteiger partial charge in [0.25, 0.3) is 0 Å². The van der Waals surface area contributed by atoms with Crippen molar-refractivity contribution < 1.29 is 18.8 Å². The predicted octanol–water partition coefficient (Wildman–Crippen LogP) is 2.71. The Bertz CT molecular complexity index is 729. The average molecular weight is 347 g/mol. The molecule has 1 aliphatic heterocycles. The van der Waals surface area contributed by atoms with E-state index in [9.17, 15) is 14.3 Å². The van der Waals surface area contributed by atoms with Crippen LogP contribution in [0.2, 0.25) is 0 Å². The van der Waals surface area contributed by atoms with Crippen molar-refractivity contribution >= 4 is 5.97 Å². The van der Waals surface area contributed by atoms with Crippen molar-refractivity contribution in [2.75, 3.05) is 13.1 Å². The third-order valence-corrected chi connectivity index (χ3v) is 4.47. The number of likely N-dealkylation sites (tertiary alicyclic amines) is 1. The lowest BCUT2D eigenvalue weighted by atomic mass is 9.89. The molecule has 0 spiro atoms. The maximum absolute atomic E-state index is 13.1. The first-order valence-electron chi connectivity index (χ1n) is 8.44. The van der Waals surface area contributed by atoms with Gasteiger partial charge in [0, 0.05) is 25.4 Å². The number of rotatable bonds is 6. The lowest BCUT2D eigenvalue weighted by Gasteiger charge is -2.15. The van der Waals surface area contributed by atoms with Crippen LogP contribution in [0.3, 0.4) is 0 Å². The van der Waals surface area contributed by atoms with E-state index in [0.29, 0.717) is 37.3 Å². The Morgan fingerprint density at radius 3 is 2.72 bits per heavy atom. The molecule has 3 rings (SSSR count). The van der Waals surface area contributed by atoms with Crippen LogP contribution in [0.1, 0.15) is 37.0 Å². The first-order chi connectivity index (χ1) is 11.9. The van der Waals surface area contributed by atoms with Gasteiger partial charge in [0.15, 0.2) is 5.82 Å². The first-order valence-corrected chi connectivity index (χ1v) is 8.44. The Morgan fingerprint density at radius 1 is 1.36 bits per heavy atom. The normalized spacial score (nSPS) is 21.1. The van der Waals surface area contributed by atoms with E-state index in [1.807, 2.05) is 4.90 Å². The third-order valence-electron chi connectivity index (χ3n) is 4.47. The Balaban J connectivity index is 1.70. The van der Waals surface area contributed by atoms with Gasteiger partial charge in [-0.2, -0.15) is 4.98 Å². The van der Waals surface area contributed by atoms with Gasteiger partial charge in [-0.05, 0) is 23.6 Å². The molecule has 0 radical (unpaired) electrons. The summed E-state index contributed by atoms with van der Waals surface area (Å²) < 4.78 is 18.4. The molecule has 2 heterocycles. The highest BCUT2D eigenvalue weighted by atomic mass is 19.1. The minimum absolute atomic E-state index is 0.180. The molecule has 1 fully saturated rings. The van der Waals surface area contributed by atoms with Crippen molar-refractivity contribution in [2.45, 2.75) is 32.7 Å². The SMILES string of the molecule is CC(C)Cc1nc(CN2C[C@@H](C(=O)O)[C@H](c3ccc(F)cc3)C2)no1. The summed E-state index contributed by atoms with van der Waals surface area (Å²) in [4.78, 5) is 18.0. The summed E-state index contributed by atoms with van der Waals surface area (Å²) >= 11 is 0. The lowest BCUT2D eigenvalue weighted by Crippen LogP contribution is -2.23. The Morgan fingerprint density at radius 2 is 2.08 bits per heavy atom. The van der Waals surface area contributed by atoms with Gasteiger partial charge >= 0.3 is 5.97 Å². The second-order valence-corrected chi connectivity index (χ2v) is 7.00. The summed E-state index contributed by atoms with van der Waals surface area (Å²) in [6.07, 6.45) is 0.725. The van der Waals surface area contributed by atoms with Crippen LogP contribution in [0.5, 0.6) is 0 Å². The van der Waals surface area contributed by atoms with E-state index in [-0.39, 0.29) is 11.7 Å². The molecule has 134 valence electrons. The summed E-state index contributed by atoms with van der Waals surface area (Å²) in [5.41, 5.74) is 0.838. The fourth-order valence-electron chi connectivity index (χ4n) is 3.30. The molecule has 0 unspecified atom stereocenters. The zero-order valence-electron chi connectivity index (χ0n) is 14.4. The number of halogens is 1. The second kappa shape index (κ2) is 7.31. The summed E-state index contributed by atoms with van der Waals surface area (Å²) in [7, 11) is 0. The highest BCUT2D eigenvalue weighted by Gasteiger charge is 2.38. The van der Waals surface area contributed by atoms with Crippen LogP contribution in [0.25, 0.3) is 0 Å². The van der Waals surface area contributed by atoms with Crippen LogP contribution in [-0.2, 0) is 17.8 Å².